The molecule has 4 atom stereocenters. The molecule has 2 aliphatic rings. The molecule has 3 aromatic rings. The zero-order valence-corrected chi connectivity index (χ0v) is 21.4. The zero-order valence-electron chi connectivity index (χ0n) is 21.4. The van der Waals surface area contributed by atoms with Crippen LogP contribution in [-0.2, 0) is 7.05 Å². The molecule has 0 aliphatic heterocycles. The Morgan fingerprint density at radius 2 is 1.27 bits per heavy atom. The third-order valence-electron chi connectivity index (χ3n) is 8.37. The van der Waals surface area contributed by atoms with Crippen LogP contribution in [0.15, 0.2) is 24.8 Å². The fourth-order valence-corrected chi connectivity index (χ4v) is 6.15. The third-order valence-corrected chi connectivity index (χ3v) is 8.37. The number of rotatable bonds is 5. The van der Waals surface area contributed by atoms with Crippen LogP contribution >= 0.6 is 0 Å². The molecular formula is C27H40N6. The maximum absolute atomic E-state index is 5.26. The van der Waals surface area contributed by atoms with Gasteiger partial charge in [-0.1, -0.05) is 41.5 Å². The first-order valence-electron chi connectivity index (χ1n) is 12.9. The second kappa shape index (κ2) is 8.44. The summed E-state index contributed by atoms with van der Waals surface area (Å²) in [5.74, 6) is 4.29. The van der Waals surface area contributed by atoms with Crippen molar-refractivity contribution in [1.29, 1.82) is 0 Å². The fraction of sp³-hybridized carbons (Fsp3) is 0.667. The van der Waals surface area contributed by atoms with Crippen molar-refractivity contribution in [2.75, 3.05) is 0 Å². The summed E-state index contributed by atoms with van der Waals surface area (Å²) in [6.07, 6.45) is 13.2. The summed E-state index contributed by atoms with van der Waals surface area (Å²) in [5, 5.41) is 10.5. The molecule has 0 saturated heterocycles. The lowest BCUT2D eigenvalue weighted by molar-refractivity contribution is 0.365. The summed E-state index contributed by atoms with van der Waals surface area (Å²) < 4.78 is 6.41. The van der Waals surface area contributed by atoms with Crippen LogP contribution in [0.5, 0.6) is 0 Å². The highest BCUT2D eigenvalue weighted by Crippen LogP contribution is 2.44. The number of imidazole rings is 1. The van der Waals surface area contributed by atoms with E-state index in [0.717, 1.165) is 5.82 Å². The van der Waals surface area contributed by atoms with Gasteiger partial charge in [0, 0.05) is 43.7 Å². The maximum atomic E-state index is 5.26. The molecule has 5 rings (SSSR count). The minimum atomic E-state index is -0.179. The van der Waals surface area contributed by atoms with Crippen molar-refractivity contribution >= 4 is 0 Å². The van der Waals surface area contributed by atoms with Crippen molar-refractivity contribution in [1.82, 2.24) is 29.1 Å². The Hall–Kier alpha value is -2.37. The lowest BCUT2D eigenvalue weighted by atomic mass is 9.77. The Morgan fingerprint density at radius 1 is 0.788 bits per heavy atom. The number of hydrogen-bond acceptors (Lipinski definition) is 3. The Labute approximate surface area is 198 Å². The van der Waals surface area contributed by atoms with E-state index in [4.69, 9.17) is 15.2 Å². The van der Waals surface area contributed by atoms with Crippen LogP contribution in [0, 0.1) is 11.8 Å². The Morgan fingerprint density at radius 3 is 1.67 bits per heavy atom. The number of aromatic nitrogens is 6. The molecule has 0 saturated carbocycles. The number of nitrogens with zero attached hydrogens (tertiary/aromatic N) is 6. The van der Waals surface area contributed by atoms with E-state index in [0.29, 0.717) is 35.5 Å². The molecule has 0 unspecified atom stereocenters. The Bertz CT molecular complexity index is 1050. The molecule has 2 aliphatic carbocycles. The van der Waals surface area contributed by atoms with Gasteiger partial charge in [-0.25, -0.2) is 14.3 Å². The molecule has 33 heavy (non-hydrogen) atoms. The topological polar surface area (TPSA) is 53.5 Å². The monoisotopic (exact) mass is 448 g/mol. The summed E-state index contributed by atoms with van der Waals surface area (Å²) in [7, 11) is 2.07. The van der Waals surface area contributed by atoms with Gasteiger partial charge in [0.25, 0.3) is 0 Å². The van der Waals surface area contributed by atoms with E-state index >= 15 is 0 Å². The van der Waals surface area contributed by atoms with Crippen molar-refractivity contribution in [3.8, 4) is 0 Å². The highest BCUT2D eigenvalue weighted by atomic mass is 15.5. The van der Waals surface area contributed by atoms with Gasteiger partial charge in [0.1, 0.15) is 0 Å². The van der Waals surface area contributed by atoms with Crippen LogP contribution < -0.4 is 0 Å². The van der Waals surface area contributed by atoms with Crippen LogP contribution in [0.1, 0.15) is 125 Å². The van der Waals surface area contributed by atoms with Gasteiger partial charge < -0.3 is 4.57 Å². The van der Waals surface area contributed by atoms with Crippen molar-refractivity contribution in [3.05, 3.63) is 53.1 Å². The largest absolute Gasteiger partial charge is 0.335 e. The van der Waals surface area contributed by atoms with Gasteiger partial charge >= 0.3 is 0 Å². The lowest BCUT2D eigenvalue weighted by Gasteiger charge is -2.28. The molecule has 0 N–H and O–H groups in total. The maximum Gasteiger partial charge on any atom is 0.200 e. The number of aryl methyl sites for hydroxylation is 1. The summed E-state index contributed by atoms with van der Waals surface area (Å²) >= 11 is 0. The highest BCUT2D eigenvalue weighted by Gasteiger charge is 2.35. The number of hydrogen-bond donors (Lipinski definition) is 0. The van der Waals surface area contributed by atoms with Gasteiger partial charge in [0.2, 0.25) is 6.17 Å². The van der Waals surface area contributed by atoms with E-state index in [-0.39, 0.29) is 6.17 Å². The van der Waals surface area contributed by atoms with Crippen molar-refractivity contribution < 1.29 is 0 Å². The van der Waals surface area contributed by atoms with Crippen LogP contribution in [0.2, 0.25) is 0 Å². The SMILES string of the molecule is CC(C)[C@H]1CC[C@@H](C)c2cn(C(c3nccn3C)n3cc4c(n3)[C@@H](C(C)C)CC[C@H]4C)nc21. The zero-order chi connectivity index (χ0) is 23.4. The van der Waals surface area contributed by atoms with Crippen LogP contribution in [-0.4, -0.2) is 29.1 Å². The van der Waals surface area contributed by atoms with Gasteiger partial charge in [0.15, 0.2) is 5.82 Å². The fourth-order valence-electron chi connectivity index (χ4n) is 6.15. The quantitative estimate of drug-likeness (QED) is 0.468. The van der Waals surface area contributed by atoms with E-state index < -0.39 is 0 Å². The molecule has 0 bridgehead atoms. The molecule has 0 amide bonds. The second-order valence-electron chi connectivity index (χ2n) is 11.3. The molecule has 0 fully saturated rings. The highest BCUT2D eigenvalue weighted by molar-refractivity contribution is 5.31. The van der Waals surface area contributed by atoms with Crippen LogP contribution in [0.3, 0.4) is 0 Å². The molecular weight excluding hydrogens is 408 g/mol. The van der Waals surface area contributed by atoms with Gasteiger partial charge in [-0.2, -0.15) is 10.2 Å². The van der Waals surface area contributed by atoms with Crippen LogP contribution in [0.25, 0.3) is 0 Å². The average Bonchev–Trinajstić information content (AvgIpc) is 3.48. The molecule has 0 aromatic carbocycles. The van der Waals surface area contributed by atoms with Gasteiger partial charge in [0.05, 0.1) is 11.4 Å². The smallest absolute Gasteiger partial charge is 0.200 e. The minimum Gasteiger partial charge on any atom is -0.335 e. The predicted molar refractivity (Wildman–Crippen MR) is 132 cm³/mol. The van der Waals surface area contributed by atoms with E-state index in [1.54, 1.807) is 0 Å². The first-order valence-corrected chi connectivity index (χ1v) is 12.9. The summed E-state index contributed by atoms with van der Waals surface area (Å²) in [6.45, 7) is 14.0. The van der Waals surface area contributed by atoms with E-state index in [9.17, 15) is 0 Å². The first kappa shape index (κ1) is 22.4. The van der Waals surface area contributed by atoms with Gasteiger partial charge in [-0.15, -0.1) is 0 Å². The normalized spacial score (nSPS) is 25.2. The molecule has 3 aromatic heterocycles. The third kappa shape index (κ3) is 3.75. The summed E-state index contributed by atoms with van der Waals surface area (Å²) in [5.41, 5.74) is 5.38. The Balaban J connectivity index is 1.65. The second-order valence-corrected chi connectivity index (χ2v) is 11.3. The van der Waals surface area contributed by atoms with Gasteiger partial charge in [-0.3, -0.25) is 0 Å². The first-order chi connectivity index (χ1) is 15.8. The van der Waals surface area contributed by atoms with E-state index in [1.807, 2.05) is 12.4 Å². The molecule has 0 spiro atoms. The molecule has 178 valence electrons. The van der Waals surface area contributed by atoms with E-state index in [2.05, 4.69) is 74.9 Å². The molecule has 3 heterocycles. The predicted octanol–water partition coefficient (Wildman–Crippen LogP) is 6.18. The number of fused-ring (bicyclic) bond motifs is 2. The summed E-state index contributed by atoms with van der Waals surface area (Å²) in [6, 6.07) is 0. The Kier molecular flexibility index (Phi) is 5.74. The van der Waals surface area contributed by atoms with E-state index in [1.165, 1.54) is 48.2 Å². The van der Waals surface area contributed by atoms with Crippen molar-refractivity contribution in [2.24, 2.45) is 18.9 Å². The standard InChI is InChI=1S/C27H40N6/c1-16(2)20-10-8-18(5)22-14-32(29-24(20)22)27(26-28-12-13-31(26)7)33-15-23-19(6)9-11-21(17(3)4)25(23)30-33/h12-21,27H,8-11H2,1-7H3/t18-,19-,20-,21-/m1/s1. The van der Waals surface area contributed by atoms with Crippen molar-refractivity contribution in [2.45, 2.75) is 97.1 Å². The van der Waals surface area contributed by atoms with Crippen molar-refractivity contribution in [3.63, 3.8) is 0 Å². The molecule has 6 nitrogen and oxygen atoms in total. The average molecular weight is 449 g/mol. The molecule has 0 radical (unpaired) electrons. The summed E-state index contributed by atoms with van der Waals surface area (Å²) in [4.78, 5) is 4.77. The van der Waals surface area contributed by atoms with Crippen LogP contribution in [0.4, 0.5) is 0 Å². The molecule has 6 heteroatoms. The lowest BCUT2D eigenvalue weighted by Crippen LogP contribution is -2.24. The minimum absolute atomic E-state index is 0.179. The van der Waals surface area contributed by atoms with Gasteiger partial charge in [-0.05, 0) is 60.5 Å².